The molecule has 0 aliphatic carbocycles. The van der Waals surface area contributed by atoms with Crippen LogP contribution in [0.2, 0.25) is 0 Å². The third-order valence-electron chi connectivity index (χ3n) is 9.67. The predicted octanol–water partition coefficient (Wildman–Crippen LogP) is 3.35. The summed E-state index contributed by atoms with van der Waals surface area (Å²) in [5.74, 6) is -0.941. The molecule has 262 valence electrons. The molecule has 1 amide bonds. The lowest BCUT2D eigenvalue weighted by Gasteiger charge is -2.37. The van der Waals surface area contributed by atoms with Crippen molar-refractivity contribution in [1.82, 2.24) is 9.80 Å². The molecule has 0 aromatic heterocycles. The first kappa shape index (κ1) is 38.2. The molecule has 3 rings (SSSR count). The van der Waals surface area contributed by atoms with E-state index in [1.807, 2.05) is 27.7 Å². The lowest BCUT2D eigenvalue weighted by Crippen LogP contribution is -2.51. The van der Waals surface area contributed by atoms with Crippen molar-refractivity contribution in [3.63, 3.8) is 0 Å². The predicted molar refractivity (Wildman–Crippen MR) is 175 cm³/mol. The summed E-state index contributed by atoms with van der Waals surface area (Å²) in [4.78, 5) is 29.8. The summed E-state index contributed by atoms with van der Waals surface area (Å²) in [7, 11) is 0. The molecule has 0 radical (unpaired) electrons. The van der Waals surface area contributed by atoms with Crippen LogP contribution in [-0.4, -0.2) is 123 Å². The molecule has 0 aromatic carbocycles. The van der Waals surface area contributed by atoms with Gasteiger partial charge in [0.2, 0.25) is 0 Å². The highest BCUT2D eigenvalue weighted by Crippen LogP contribution is 2.37. The van der Waals surface area contributed by atoms with E-state index in [-0.39, 0.29) is 43.3 Å². The second kappa shape index (κ2) is 16.7. The zero-order valence-electron chi connectivity index (χ0n) is 28.8. The number of amides is 1. The molecule has 10 atom stereocenters. The van der Waals surface area contributed by atoms with Gasteiger partial charge in [0.05, 0.1) is 36.4 Å². The van der Waals surface area contributed by atoms with E-state index in [1.54, 1.807) is 49.1 Å². The largest absolute Gasteiger partial charge is 0.457 e. The molecule has 3 aliphatic heterocycles. The molecule has 0 spiro atoms. The Morgan fingerprint density at radius 2 is 1.91 bits per heavy atom. The molecule has 10 unspecified atom stereocenters. The van der Waals surface area contributed by atoms with Gasteiger partial charge in [0.25, 0.3) is 0 Å². The number of allylic oxidation sites excluding steroid dienone is 2. The van der Waals surface area contributed by atoms with Gasteiger partial charge in [-0.3, -0.25) is 4.79 Å². The van der Waals surface area contributed by atoms with Crippen molar-refractivity contribution >= 4 is 12.1 Å². The molecule has 0 aromatic rings. The minimum atomic E-state index is -1.48. The molecule has 0 saturated carbocycles. The number of hydrogen-bond acceptors (Lipinski definition) is 10. The number of aliphatic hydroxyl groups excluding tert-OH is 2. The lowest BCUT2D eigenvalue weighted by molar-refractivity contribution is -0.151. The van der Waals surface area contributed by atoms with Crippen molar-refractivity contribution in [2.75, 3.05) is 32.7 Å². The lowest BCUT2D eigenvalue weighted by atomic mass is 9.88. The molecule has 2 fully saturated rings. The van der Waals surface area contributed by atoms with Crippen molar-refractivity contribution in [3.05, 3.63) is 36.0 Å². The molecule has 3 aliphatic rings. The summed E-state index contributed by atoms with van der Waals surface area (Å²) in [6.07, 6.45) is 5.74. The molecule has 11 heteroatoms. The summed E-state index contributed by atoms with van der Waals surface area (Å²) in [6.45, 7) is 16.4. The number of rotatable bonds is 10. The third-order valence-corrected chi connectivity index (χ3v) is 9.67. The molecule has 0 bridgehead atoms. The van der Waals surface area contributed by atoms with E-state index in [9.17, 15) is 30.0 Å². The molecular formula is C35H58N2O9. The zero-order valence-corrected chi connectivity index (χ0v) is 28.8. The van der Waals surface area contributed by atoms with Crippen LogP contribution in [0.15, 0.2) is 36.0 Å². The van der Waals surface area contributed by atoms with Crippen LogP contribution in [0.5, 0.6) is 0 Å². The number of carbonyl (C=O) groups is 2. The topological polar surface area (TPSA) is 153 Å². The monoisotopic (exact) mass is 650 g/mol. The van der Waals surface area contributed by atoms with Crippen LogP contribution in [0.1, 0.15) is 80.6 Å². The average molecular weight is 651 g/mol. The second-order valence-corrected chi connectivity index (χ2v) is 13.9. The number of hydrogen-bond donors (Lipinski definition) is 4. The Bertz CT molecular complexity index is 1100. The first-order chi connectivity index (χ1) is 21.6. The summed E-state index contributed by atoms with van der Waals surface area (Å²) < 4.78 is 17.4. The van der Waals surface area contributed by atoms with Crippen LogP contribution in [0.25, 0.3) is 0 Å². The first-order valence-corrected chi connectivity index (χ1v) is 16.9. The number of likely N-dealkylation sites (N-methyl/N-ethyl adjacent to an activating group) is 1. The number of aliphatic hydroxyl groups is 4. The van der Waals surface area contributed by atoms with E-state index >= 15 is 0 Å². The molecule has 2 saturated heterocycles. The highest BCUT2D eigenvalue weighted by molar-refractivity contribution is 5.70. The number of esters is 1. The molecule has 46 heavy (non-hydrogen) atoms. The Kier molecular flexibility index (Phi) is 13.9. The smallest absolute Gasteiger partial charge is 0.410 e. The van der Waals surface area contributed by atoms with Gasteiger partial charge in [0.15, 0.2) is 6.10 Å². The third kappa shape index (κ3) is 11.2. The Balaban J connectivity index is 1.74. The van der Waals surface area contributed by atoms with Gasteiger partial charge in [-0.15, -0.1) is 0 Å². The van der Waals surface area contributed by atoms with Crippen LogP contribution in [0.4, 0.5) is 4.79 Å². The van der Waals surface area contributed by atoms with Crippen LogP contribution in [-0.2, 0) is 19.0 Å². The first-order valence-electron chi connectivity index (χ1n) is 16.9. The maximum atomic E-state index is 13.1. The normalized spacial score (nSPS) is 35.3. The van der Waals surface area contributed by atoms with E-state index < -0.39 is 47.7 Å². The van der Waals surface area contributed by atoms with Crippen molar-refractivity contribution in [1.29, 1.82) is 0 Å². The summed E-state index contributed by atoms with van der Waals surface area (Å²) in [6, 6.07) is 0. The Morgan fingerprint density at radius 3 is 2.54 bits per heavy atom. The van der Waals surface area contributed by atoms with Crippen molar-refractivity contribution in [3.8, 4) is 0 Å². The minimum absolute atomic E-state index is 0.0101. The molecule has 11 nitrogen and oxygen atoms in total. The van der Waals surface area contributed by atoms with E-state index in [4.69, 9.17) is 14.2 Å². The fraction of sp³-hybridized carbons (Fsp3) is 0.771. The number of carbonyl (C=O) groups excluding carboxylic acids is 2. The Labute approximate surface area is 274 Å². The van der Waals surface area contributed by atoms with E-state index in [2.05, 4.69) is 11.8 Å². The standard InChI is InChI=1S/C35H58N2O9/c1-8-27(39)25(5)32-28(44-32)22-34(6,42)15-10-11-23(3)31-24(4)12-13-29(35(7,43)16-14-26(38)21-30(40)46-31)45-33(41)37-19-17-36(9-2)18-20-37/h10-13,15,24-29,31-32,38-39,42-43H,8-9,14,16-22H2,1-7H3/b13-12+,15-10+,23-11+. The van der Waals surface area contributed by atoms with E-state index in [0.717, 1.165) is 19.6 Å². The van der Waals surface area contributed by atoms with Crippen molar-refractivity contribution in [2.24, 2.45) is 11.8 Å². The van der Waals surface area contributed by atoms with Crippen LogP contribution in [0, 0.1) is 11.8 Å². The molecule has 4 N–H and O–H groups in total. The maximum Gasteiger partial charge on any atom is 0.410 e. The number of piperazine rings is 1. The molecular weight excluding hydrogens is 592 g/mol. The van der Waals surface area contributed by atoms with Gasteiger partial charge in [0, 0.05) is 44.4 Å². The van der Waals surface area contributed by atoms with Gasteiger partial charge in [0.1, 0.15) is 11.7 Å². The summed E-state index contributed by atoms with van der Waals surface area (Å²) >= 11 is 0. The van der Waals surface area contributed by atoms with Gasteiger partial charge in [-0.1, -0.05) is 52.0 Å². The minimum Gasteiger partial charge on any atom is -0.457 e. The van der Waals surface area contributed by atoms with E-state index in [1.165, 1.54) is 0 Å². The second-order valence-electron chi connectivity index (χ2n) is 13.9. The Hall–Kier alpha value is -2.28. The van der Waals surface area contributed by atoms with Crippen molar-refractivity contribution < 1.29 is 44.2 Å². The maximum absolute atomic E-state index is 13.1. The average Bonchev–Trinajstić information content (AvgIpc) is 3.77. The highest BCUT2D eigenvalue weighted by Gasteiger charge is 2.47. The number of ether oxygens (including phenoxy) is 3. The molecule has 3 heterocycles. The van der Waals surface area contributed by atoms with Gasteiger partial charge >= 0.3 is 12.1 Å². The fourth-order valence-corrected chi connectivity index (χ4v) is 6.23. The SMILES string of the molecule is CCC(O)C(C)C1OC1CC(C)(O)/C=C/C=C(\C)C1OC(=O)CC(O)CCC(C)(O)C(OC(=O)N2CCN(CC)CC2)/C=C/C1C. The van der Waals surface area contributed by atoms with Crippen LogP contribution < -0.4 is 0 Å². The fourth-order valence-electron chi connectivity index (χ4n) is 6.23. The number of epoxide rings is 1. The van der Waals surface area contributed by atoms with Crippen LogP contribution >= 0.6 is 0 Å². The summed E-state index contributed by atoms with van der Waals surface area (Å²) in [5.41, 5.74) is -1.93. The summed E-state index contributed by atoms with van der Waals surface area (Å²) in [5, 5.41) is 43.1. The van der Waals surface area contributed by atoms with Gasteiger partial charge < -0.3 is 44.4 Å². The van der Waals surface area contributed by atoms with E-state index in [0.29, 0.717) is 31.5 Å². The Morgan fingerprint density at radius 1 is 1.24 bits per heavy atom. The zero-order chi connectivity index (χ0) is 34.2. The van der Waals surface area contributed by atoms with Crippen LogP contribution in [0.3, 0.4) is 0 Å². The van der Waals surface area contributed by atoms with Gasteiger partial charge in [-0.25, -0.2) is 4.79 Å². The highest BCUT2D eigenvalue weighted by atomic mass is 16.6. The van der Waals surface area contributed by atoms with Crippen molar-refractivity contribution in [2.45, 2.75) is 128 Å². The number of nitrogens with zero attached hydrogens (tertiary/aromatic N) is 2. The van der Waals surface area contributed by atoms with Gasteiger partial charge in [-0.05, 0) is 58.2 Å². The number of cyclic esters (lactones) is 1. The van der Waals surface area contributed by atoms with Gasteiger partial charge in [-0.2, -0.15) is 0 Å². The quantitative estimate of drug-likeness (QED) is 0.120.